The number of carbonyl (C=O) groups is 3. The van der Waals surface area contributed by atoms with Crippen LogP contribution in [0.25, 0.3) is 0 Å². The monoisotopic (exact) mass is 509 g/mol. The topological polar surface area (TPSA) is 152 Å². The molecule has 0 aliphatic carbocycles. The molecule has 3 aromatic rings. The smallest absolute Gasteiger partial charge is 0.273 e. The van der Waals surface area contributed by atoms with E-state index < -0.39 is 23.8 Å². The van der Waals surface area contributed by atoms with Gasteiger partial charge in [-0.05, 0) is 78.7 Å². The molecule has 3 amide bonds. The van der Waals surface area contributed by atoms with Gasteiger partial charge in [0.15, 0.2) is 5.69 Å². The Morgan fingerprint density at radius 3 is 2.22 bits per heavy atom. The van der Waals surface area contributed by atoms with Crippen molar-refractivity contribution in [1.29, 1.82) is 0 Å². The Balaban J connectivity index is 2.19. The third-order valence-electron chi connectivity index (χ3n) is 5.60. The van der Waals surface area contributed by atoms with E-state index in [1.807, 2.05) is 19.9 Å². The van der Waals surface area contributed by atoms with Gasteiger partial charge < -0.3 is 21.9 Å². The Hall–Kier alpha value is -3.92. The van der Waals surface area contributed by atoms with E-state index in [0.29, 0.717) is 23.7 Å². The molecule has 0 aliphatic heterocycles. The molecule has 1 heterocycles. The highest BCUT2D eigenvalue weighted by Crippen LogP contribution is 2.34. The molecule has 10 heteroatoms. The second kappa shape index (κ2) is 11.2. The van der Waals surface area contributed by atoms with Crippen LogP contribution in [0.3, 0.4) is 0 Å². The second-order valence-electron chi connectivity index (χ2n) is 9.13. The summed E-state index contributed by atoms with van der Waals surface area (Å²) in [7, 11) is 0. The highest BCUT2D eigenvalue weighted by atomic mass is 32.1. The highest BCUT2D eigenvalue weighted by molar-refractivity contribution is 7.09. The summed E-state index contributed by atoms with van der Waals surface area (Å²) >= 11 is 0.754. The maximum Gasteiger partial charge on any atom is 0.273 e. The molecule has 0 radical (unpaired) electrons. The fraction of sp³-hybridized carbons (Fsp3) is 0.308. The first-order valence-electron chi connectivity index (χ1n) is 11.5. The van der Waals surface area contributed by atoms with Crippen LogP contribution in [0, 0.1) is 19.8 Å². The number of phenolic OH excluding ortho intramolecular Hbond substituents is 1. The Bertz CT molecular complexity index is 1250. The summed E-state index contributed by atoms with van der Waals surface area (Å²) in [6.07, 6.45) is 0.759. The predicted molar refractivity (Wildman–Crippen MR) is 141 cm³/mol. The average molecular weight is 510 g/mol. The molecule has 0 bridgehead atoms. The van der Waals surface area contributed by atoms with Gasteiger partial charge >= 0.3 is 0 Å². The molecule has 0 spiro atoms. The van der Waals surface area contributed by atoms with Crippen LogP contribution in [-0.2, 0) is 4.79 Å². The van der Waals surface area contributed by atoms with Crippen molar-refractivity contribution in [1.82, 2.24) is 9.69 Å². The zero-order chi connectivity index (χ0) is 26.6. The molecule has 0 fully saturated rings. The van der Waals surface area contributed by atoms with Crippen molar-refractivity contribution >= 4 is 40.6 Å². The van der Waals surface area contributed by atoms with Gasteiger partial charge in [0.1, 0.15) is 16.7 Å². The molecule has 1 atom stereocenters. The summed E-state index contributed by atoms with van der Waals surface area (Å²) in [5.74, 6) is -1.44. The van der Waals surface area contributed by atoms with Gasteiger partial charge in [-0.25, -0.2) is 0 Å². The average Bonchev–Trinajstić information content (AvgIpc) is 3.18. The van der Waals surface area contributed by atoms with Gasteiger partial charge in [0, 0.05) is 12.2 Å². The van der Waals surface area contributed by atoms with E-state index in [2.05, 4.69) is 23.5 Å². The van der Waals surface area contributed by atoms with E-state index >= 15 is 0 Å². The Kier molecular flexibility index (Phi) is 8.31. The zero-order valence-electron chi connectivity index (χ0n) is 20.7. The molecular formula is C26H31N5O4S. The first-order valence-corrected chi connectivity index (χ1v) is 12.3. The number of nitrogens with zero attached hydrogens (tertiary/aromatic N) is 2. The summed E-state index contributed by atoms with van der Waals surface area (Å²) in [6.45, 7) is 8.32. The van der Waals surface area contributed by atoms with E-state index in [-0.39, 0.29) is 22.0 Å². The van der Waals surface area contributed by atoms with Gasteiger partial charge in [-0.1, -0.05) is 32.0 Å². The zero-order valence-corrected chi connectivity index (χ0v) is 21.6. The molecule has 0 saturated heterocycles. The lowest BCUT2D eigenvalue weighted by atomic mass is 10.0. The van der Waals surface area contributed by atoms with Gasteiger partial charge in [-0.15, -0.1) is 0 Å². The van der Waals surface area contributed by atoms with Crippen molar-refractivity contribution in [3.8, 4) is 5.75 Å². The number of aromatic hydroxyl groups is 1. The van der Waals surface area contributed by atoms with Crippen LogP contribution in [0.5, 0.6) is 5.75 Å². The van der Waals surface area contributed by atoms with Gasteiger partial charge in [-0.3, -0.25) is 19.3 Å². The van der Waals surface area contributed by atoms with Crippen LogP contribution < -0.4 is 21.7 Å². The Labute approximate surface area is 214 Å². The molecule has 2 aromatic carbocycles. The SMILES string of the molecule is Cc1cc(C)cc(N(C(=O)c2snc(C(N)=O)c2N)C(C(=O)NCCC(C)C)c2ccc(O)cc2)c1. The third-order valence-corrected chi connectivity index (χ3v) is 6.45. The van der Waals surface area contributed by atoms with E-state index in [4.69, 9.17) is 11.5 Å². The maximum atomic E-state index is 14.0. The first-order chi connectivity index (χ1) is 17.0. The standard InChI is InChI=1S/C26H31N5O4S/c1-14(2)9-10-29-25(34)22(17-5-7-19(32)8-6-17)31(18-12-15(3)11-16(4)13-18)26(35)23-20(27)21(24(28)33)30-36-23/h5-8,11-14,22,32H,9-10,27H2,1-4H3,(H2,28,33)(H,29,34). The molecular weight excluding hydrogens is 478 g/mol. The lowest BCUT2D eigenvalue weighted by Gasteiger charge is -2.32. The maximum absolute atomic E-state index is 14.0. The van der Waals surface area contributed by atoms with E-state index in [0.717, 1.165) is 29.1 Å². The minimum absolute atomic E-state index is 0.00159. The molecule has 0 aliphatic rings. The van der Waals surface area contributed by atoms with Crippen LogP contribution in [0.1, 0.15) is 63.2 Å². The lowest BCUT2D eigenvalue weighted by molar-refractivity contribution is -0.122. The van der Waals surface area contributed by atoms with E-state index in [1.165, 1.54) is 17.0 Å². The molecule has 9 nitrogen and oxygen atoms in total. The number of nitrogens with two attached hydrogens (primary N) is 2. The molecule has 1 unspecified atom stereocenters. The quantitative estimate of drug-likeness (QED) is 0.345. The molecule has 36 heavy (non-hydrogen) atoms. The number of nitrogens with one attached hydrogen (secondary N) is 1. The fourth-order valence-electron chi connectivity index (χ4n) is 3.87. The Morgan fingerprint density at radius 1 is 1.08 bits per heavy atom. The lowest BCUT2D eigenvalue weighted by Crippen LogP contribution is -2.44. The van der Waals surface area contributed by atoms with Crippen molar-refractivity contribution in [3.05, 3.63) is 69.7 Å². The van der Waals surface area contributed by atoms with Crippen LogP contribution in [0.15, 0.2) is 42.5 Å². The summed E-state index contributed by atoms with van der Waals surface area (Å²) < 4.78 is 3.97. The van der Waals surface area contributed by atoms with Crippen LogP contribution in [0.4, 0.5) is 11.4 Å². The van der Waals surface area contributed by atoms with Crippen molar-refractivity contribution in [2.75, 3.05) is 17.2 Å². The van der Waals surface area contributed by atoms with Gasteiger partial charge in [-0.2, -0.15) is 4.37 Å². The number of hydrogen-bond donors (Lipinski definition) is 4. The number of aryl methyl sites for hydroxylation is 2. The van der Waals surface area contributed by atoms with Gasteiger partial charge in [0.2, 0.25) is 5.91 Å². The molecule has 1 aromatic heterocycles. The number of nitrogen functional groups attached to an aromatic ring is 1. The number of primary amides is 1. The predicted octanol–water partition coefficient (Wildman–Crippen LogP) is 3.70. The minimum atomic E-state index is -1.09. The van der Waals surface area contributed by atoms with E-state index in [1.54, 1.807) is 24.3 Å². The van der Waals surface area contributed by atoms with Crippen molar-refractivity contribution in [3.63, 3.8) is 0 Å². The molecule has 190 valence electrons. The summed E-state index contributed by atoms with van der Waals surface area (Å²) in [5.41, 5.74) is 13.9. The largest absolute Gasteiger partial charge is 0.508 e. The number of anilines is 2. The van der Waals surface area contributed by atoms with Crippen molar-refractivity contribution < 1.29 is 19.5 Å². The molecule has 6 N–H and O–H groups in total. The summed E-state index contributed by atoms with van der Waals surface area (Å²) in [6, 6.07) is 10.6. The number of amides is 3. The Morgan fingerprint density at radius 2 is 1.69 bits per heavy atom. The molecule has 3 rings (SSSR count). The number of rotatable bonds is 9. The van der Waals surface area contributed by atoms with Crippen LogP contribution >= 0.6 is 11.5 Å². The first kappa shape index (κ1) is 26.7. The number of carbonyl (C=O) groups excluding carboxylic acids is 3. The van der Waals surface area contributed by atoms with Gasteiger partial charge in [0.05, 0.1) is 5.69 Å². The number of aromatic nitrogens is 1. The number of hydrogen-bond acceptors (Lipinski definition) is 7. The number of phenols is 1. The van der Waals surface area contributed by atoms with Crippen LogP contribution in [-0.4, -0.2) is 33.7 Å². The van der Waals surface area contributed by atoms with Crippen molar-refractivity contribution in [2.45, 2.75) is 40.2 Å². The fourth-order valence-corrected chi connectivity index (χ4v) is 4.61. The third kappa shape index (κ3) is 6.01. The summed E-state index contributed by atoms with van der Waals surface area (Å²) in [4.78, 5) is 40.8. The normalized spacial score (nSPS) is 11.8. The minimum Gasteiger partial charge on any atom is -0.508 e. The summed E-state index contributed by atoms with van der Waals surface area (Å²) in [5, 5.41) is 12.8. The second-order valence-corrected chi connectivity index (χ2v) is 9.90. The van der Waals surface area contributed by atoms with E-state index in [9.17, 15) is 19.5 Å². The van der Waals surface area contributed by atoms with Crippen LogP contribution in [0.2, 0.25) is 0 Å². The highest BCUT2D eigenvalue weighted by Gasteiger charge is 2.36. The van der Waals surface area contributed by atoms with Gasteiger partial charge in [0.25, 0.3) is 11.8 Å². The number of benzene rings is 2. The molecule has 0 saturated carbocycles. The van der Waals surface area contributed by atoms with Crippen molar-refractivity contribution in [2.24, 2.45) is 11.7 Å².